The molecule has 1 N–H and O–H groups in total. The van der Waals surface area contributed by atoms with Crippen molar-refractivity contribution in [1.82, 2.24) is 9.80 Å². The van der Waals surface area contributed by atoms with E-state index in [1.54, 1.807) is 35.2 Å². The number of aliphatic hydroxyl groups is 1. The lowest BCUT2D eigenvalue weighted by molar-refractivity contribution is 0.174. The lowest BCUT2D eigenvalue weighted by atomic mass is 10.3. The average Bonchev–Trinajstić information content (AvgIpc) is 2.81. The van der Waals surface area contributed by atoms with Crippen molar-refractivity contribution in [3.63, 3.8) is 0 Å². The summed E-state index contributed by atoms with van der Waals surface area (Å²) in [6.45, 7) is 3.08. The third-order valence-electron chi connectivity index (χ3n) is 2.49. The van der Waals surface area contributed by atoms with Crippen LogP contribution in [0.5, 0.6) is 0 Å². The molecule has 4 nitrogen and oxygen atoms in total. The van der Waals surface area contributed by atoms with Crippen LogP contribution < -0.4 is 0 Å². The van der Waals surface area contributed by atoms with Gasteiger partial charge in [-0.3, -0.25) is 0 Å². The third-order valence-corrected chi connectivity index (χ3v) is 3.41. The van der Waals surface area contributed by atoms with Gasteiger partial charge < -0.3 is 14.9 Å². The average molecular weight is 266 g/mol. The van der Waals surface area contributed by atoms with Gasteiger partial charge in [-0.05, 0) is 13.0 Å². The number of hydrogen-bond donors (Lipinski definition) is 1. The maximum Gasteiger partial charge on any atom is 0.319 e. The van der Waals surface area contributed by atoms with Crippen LogP contribution in [0, 0.1) is 11.8 Å². The Balaban J connectivity index is 2.62. The van der Waals surface area contributed by atoms with Crippen LogP contribution in [0.4, 0.5) is 4.79 Å². The summed E-state index contributed by atoms with van der Waals surface area (Å²) in [6.07, 6.45) is 0. The molecule has 0 aromatic carbocycles. The highest BCUT2D eigenvalue weighted by Crippen LogP contribution is 2.16. The van der Waals surface area contributed by atoms with Gasteiger partial charge in [-0.2, -0.15) is 0 Å². The molecule has 0 fully saturated rings. The number of rotatable bonds is 3. The Kier molecular flexibility index (Phi) is 5.69. The molecule has 0 saturated carbocycles. The van der Waals surface area contributed by atoms with E-state index in [0.29, 0.717) is 13.1 Å². The monoisotopic (exact) mass is 266 g/mol. The van der Waals surface area contributed by atoms with Crippen LogP contribution in [0.15, 0.2) is 11.4 Å². The summed E-state index contributed by atoms with van der Waals surface area (Å²) < 4.78 is 0. The van der Waals surface area contributed by atoms with E-state index in [1.807, 2.05) is 18.4 Å². The minimum absolute atomic E-state index is 0.00823. The number of thiophene rings is 1. The molecule has 0 aliphatic carbocycles. The first-order chi connectivity index (χ1) is 8.58. The standard InChI is InChI=1S/C13H18N2O2S/c1-4-14(2)13(17)15(3)9-12-8-11(10-18-12)6-5-7-16/h8,10,16H,4,7,9H2,1-3H3. The topological polar surface area (TPSA) is 43.8 Å². The van der Waals surface area contributed by atoms with Crippen molar-refractivity contribution < 1.29 is 9.90 Å². The van der Waals surface area contributed by atoms with Crippen molar-refractivity contribution in [2.75, 3.05) is 27.2 Å². The molecule has 98 valence electrons. The first kappa shape index (κ1) is 14.6. The third kappa shape index (κ3) is 4.06. The normalized spacial score (nSPS) is 9.56. The van der Waals surface area contributed by atoms with Crippen LogP contribution in [0.1, 0.15) is 17.4 Å². The molecular formula is C13H18N2O2S. The number of carbonyl (C=O) groups excluding carboxylic acids is 1. The molecule has 0 radical (unpaired) electrons. The minimum Gasteiger partial charge on any atom is -0.384 e. The maximum atomic E-state index is 11.9. The quantitative estimate of drug-likeness (QED) is 0.844. The second-order valence-electron chi connectivity index (χ2n) is 3.91. The van der Waals surface area contributed by atoms with Gasteiger partial charge in [-0.1, -0.05) is 11.8 Å². The van der Waals surface area contributed by atoms with Crippen LogP contribution in [0.2, 0.25) is 0 Å². The van der Waals surface area contributed by atoms with Crippen LogP contribution in [-0.2, 0) is 6.54 Å². The number of carbonyl (C=O) groups is 1. The van der Waals surface area contributed by atoms with Crippen LogP contribution >= 0.6 is 11.3 Å². The van der Waals surface area contributed by atoms with Gasteiger partial charge >= 0.3 is 6.03 Å². The van der Waals surface area contributed by atoms with Gasteiger partial charge in [0.15, 0.2) is 0 Å². The summed E-state index contributed by atoms with van der Waals surface area (Å²) >= 11 is 1.57. The number of aliphatic hydroxyl groups excluding tert-OH is 1. The molecule has 1 aromatic heterocycles. The fourth-order valence-corrected chi connectivity index (χ4v) is 2.27. The Bertz CT molecular complexity index is 459. The predicted molar refractivity (Wildman–Crippen MR) is 73.4 cm³/mol. The summed E-state index contributed by atoms with van der Waals surface area (Å²) in [5.74, 6) is 5.45. The number of urea groups is 1. The first-order valence-corrected chi connectivity index (χ1v) is 6.59. The van der Waals surface area contributed by atoms with E-state index in [2.05, 4.69) is 11.8 Å². The van der Waals surface area contributed by atoms with E-state index in [0.717, 1.165) is 10.4 Å². The van der Waals surface area contributed by atoms with E-state index >= 15 is 0 Å². The van der Waals surface area contributed by atoms with Crippen molar-refractivity contribution in [2.45, 2.75) is 13.5 Å². The molecule has 0 saturated heterocycles. The molecule has 18 heavy (non-hydrogen) atoms. The maximum absolute atomic E-state index is 11.9. The minimum atomic E-state index is -0.134. The largest absolute Gasteiger partial charge is 0.384 e. The number of amides is 2. The van der Waals surface area contributed by atoms with E-state index in [-0.39, 0.29) is 12.6 Å². The molecule has 2 amide bonds. The lowest BCUT2D eigenvalue weighted by Gasteiger charge is -2.23. The molecule has 1 aromatic rings. The second kappa shape index (κ2) is 7.04. The first-order valence-electron chi connectivity index (χ1n) is 5.71. The highest BCUT2D eigenvalue weighted by molar-refractivity contribution is 7.10. The Morgan fingerprint density at radius 2 is 2.17 bits per heavy atom. The summed E-state index contributed by atoms with van der Waals surface area (Å²) in [4.78, 5) is 16.3. The Labute approximate surface area is 112 Å². The van der Waals surface area contributed by atoms with Gasteiger partial charge in [0.05, 0.1) is 6.54 Å². The smallest absolute Gasteiger partial charge is 0.319 e. The van der Waals surface area contributed by atoms with Crippen LogP contribution in [0.25, 0.3) is 0 Å². The molecule has 0 aliphatic rings. The zero-order chi connectivity index (χ0) is 13.5. The fourth-order valence-electron chi connectivity index (χ4n) is 1.40. The second-order valence-corrected chi connectivity index (χ2v) is 4.91. The van der Waals surface area contributed by atoms with Gasteiger partial charge in [0, 0.05) is 36.5 Å². The zero-order valence-corrected chi connectivity index (χ0v) is 11.8. The van der Waals surface area contributed by atoms with Gasteiger partial charge in [-0.15, -0.1) is 11.3 Å². The van der Waals surface area contributed by atoms with E-state index in [9.17, 15) is 4.79 Å². The van der Waals surface area contributed by atoms with E-state index in [4.69, 9.17) is 5.11 Å². The number of hydrogen-bond acceptors (Lipinski definition) is 3. The summed E-state index contributed by atoms with van der Waals surface area (Å²) in [5, 5.41) is 10.5. The van der Waals surface area contributed by atoms with Crippen LogP contribution in [0.3, 0.4) is 0 Å². The molecular weight excluding hydrogens is 248 g/mol. The zero-order valence-electron chi connectivity index (χ0n) is 10.9. The van der Waals surface area contributed by atoms with E-state index in [1.165, 1.54) is 0 Å². The molecule has 0 aliphatic heterocycles. The van der Waals surface area contributed by atoms with E-state index < -0.39 is 0 Å². The molecule has 1 heterocycles. The lowest BCUT2D eigenvalue weighted by Crippen LogP contribution is -2.37. The predicted octanol–water partition coefficient (Wildman–Crippen LogP) is 1.60. The van der Waals surface area contributed by atoms with Crippen molar-refractivity contribution >= 4 is 17.4 Å². The van der Waals surface area contributed by atoms with Crippen LogP contribution in [-0.4, -0.2) is 48.2 Å². The van der Waals surface area contributed by atoms with Gasteiger partial charge in [0.1, 0.15) is 6.61 Å². The molecule has 5 heteroatoms. The van der Waals surface area contributed by atoms with Gasteiger partial charge in [0.2, 0.25) is 0 Å². The highest BCUT2D eigenvalue weighted by Gasteiger charge is 2.13. The van der Waals surface area contributed by atoms with Crippen molar-refractivity contribution in [1.29, 1.82) is 0 Å². The Morgan fingerprint density at radius 3 is 2.78 bits per heavy atom. The van der Waals surface area contributed by atoms with Gasteiger partial charge in [-0.25, -0.2) is 4.79 Å². The SMILES string of the molecule is CCN(C)C(=O)N(C)Cc1cc(C#CCO)cs1. The van der Waals surface area contributed by atoms with Crippen molar-refractivity contribution in [2.24, 2.45) is 0 Å². The fraction of sp³-hybridized carbons (Fsp3) is 0.462. The Hall–Kier alpha value is -1.51. The van der Waals surface area contributed by atoms with Gasteiger partial charge in [0.25, 0.3) is 0 Å². The van der Waals surface area contributed by atoms with Crippen molar-refractivity contribution in [3.05, 3.63) is 21.9 Å². The highest BCUT2D eigenvalue weighted by atomic mass is 32.1. The summed E-state index contributed by atoms with van der Waals surface area (Å²) in [5.41, 5.74) is 0.883. The molecule has 0 atom stereocenters. The number of nitrogens with zero attached hydrogens (tertiary/aromatic N) is 2. The summed E-state index contributed by atoms with van der Waals surface area (Å²) in [7, 11) is 3.57. The molecule has 0 bridgehead atoms. The Morgan fingerprint density at radius 1 is 1.44 bits per heavy atom. The molecule has 1 rings (SSSR count). The molecule has 0 unspecified atom stereocenters. The van der Waals surface area contributed by atoms with Crippen molar-refractivity contribution in [3.8, 4) is 11.8 Å². The molecule has 0 spiro atoms. The summed E-state index contributed by atoms with van der Waals surface area (Å²) in [6, 6.07) is 1.96.